The number of benzene rings is 3. The second-order valence-electron chi connectivity index (χ2n) is 4.55. The summed E-state index contributed by atoms with van der Waals surface area (Å²) < 4.78 is 5.75. The van der Waals surface area contributed by atoms with Crippen LogP contribution in [0.5, 0.6) is 0 Å². The van der Waals surface area contributed by atoms with E-state index in [4.69, 9.17) is 4.74 Å². The average Bonchev–Trinajstić information content (AvgIpc) is 2.46. The molecule has 0 saturated carbocycles. The summed E-state index contributed by atoms with van der Waals surface area (Å²) in [5.41, 5.74) is 1.29. The quantitative estimate of drug-likeness (QED) is 0.381. The highest BCUT2D eigenvalue weighted by Crippen LogP contribution is 2.29. The molecule has 0 aliphatic carbocycles. The first kappa shape index (κ1) is 12.5. The standard InChI is InChI=1S/C17H16OS/c1-19-12-18-11-17-15-8-4-2-6-13(15)10-14-7-3-5-9-16(14)17/h2-10H,11-12H2,1H3. The number of hydrogen-bond acceptors (Lipinski definition) is 2. The Morgan fingerprint density at radius 1 is 0.895 bits per heavy atom. The molecule has 0 amide bonds. The van der Waals surface area contributed by atoms with Gasteiger partial charge in [-0.2, -0.15) is 0 Å². The fourth-order valence-electron chi connectivity index (χ4n) is 2.49. The van der Waals surface area contributed by atoms with Gasteiger partial charge in [-0.3, -0.25) is 0 Å². The van der Waals surface area contributed by atoms with E-state index in [2.05, 4.69) is 60.9 Å². The molecule has 0 atom stereocenters. The highest BCUT2D eigenvalue weighted by atomic mass is 32.2. The van der Waals surface area contributed by atoms with E-state index in [1.165, 1.54) is 27.1 Å². The van der Waals surface area contributed by atoms with E-state index >= 15 is 0 Å². The summed E-state index contributed by atoms with van der Waals surface area (Å²) in [4.78, 5) is 0. The van der Waals surface area contributed by atoms with E-state index in [1.807, 2.05) is 0 Å². The normalized spacial score (nSPS) is 11.2. The van der Waals surface area contributed by atoms with E-state index in [1.54, 1.807) is 11.8 Å². The largest absolute Gasteiger partial charge is 0.366 e. The average molecular weight is 268 g/mol. The van der Waals surface area contributed by atoms with Gasteiger partial charge < -0.3 is 4.74 Å². The summed E-state index contributed by atoms with van der Waals surface area (Å²) in [5.74, 6) is 0.734. The van der Waals surface area contributed by atoms with Crippen LogP contribution < -0.4 is 0 Å². The van der Waals surface area contributed by atoms with Gasteiger partial charge in [0.15, 0.2) is 0 Å². The van der Waals surface area contributed by atoms with Crippen LogP contribution in [0, 0.1) is 0 Å². The second kappa shape index (κ2) is 5.64. The van der Waals surface area contributed by atoms with Gasteiger partial charge in [0.25, 0.3) is 0 Å². The molecule has 0 fully saturated rings. The maximum Gasteiger partial charge on any atom is 0.0922 e. The minimum absolute atomic E-state index is 0.669. The molecule has 0 aliphatic heterocycles. The molecule has 3 rings (SSSR count). The fourth-order valence-corrected chi connectivity index (χ4v) is 2.74. The molecule has 3 aromatic carbocycles. The summed E-state index contributed by atoms with van der Waals surface area (Å²) >= 11 is 1.71. The van der Waals surface area contributed by atoms with Crippen LogP contribution in [-0.2, 0) is 11.3 Å². The van der Waals surface area contributed by atoms with E-state index in [-0.39, 0.29) is 0 Å². The lowest BCUT2D eigenvalue weighted by atomic mass is 9.97. The van der Waals surface area contributed by atoms with Crippen LogP contribution in [0.1, 0.15) is 5.56 Å². The molecule has 3 aromatic rings. The van der Waals surface area contributed by atoms with Gasteiger partial charge in [-0.1, -0.05) is 48.5 Å². The second-order valence-corrected chi connectivity index (χ2v) is 5.37. The summed E-state index contributed by atoms with van der Waals surface area (Å²) in [5, 5.41) is 5.15. The molecule has 1 nitrogen and oxygen atoms in total. The number of rotatable bonds is 4. The number of hydrogen-bond donors (Lipinski definition) is 0. The Morgan fingerprint density at radius 2 is 1.47 bits per heavy atom. The molecule has 0 unspecified atom stereocenters. The lowest BCUT2D eigenvalue weighted by molar-refractivity contribution is 0.171. The van der Waals surface area contributed by atoms with Crippen LogP contribution in [0.4, 0.5) is 0 Å². The molecular weight excluding hydrogens is 252 g/mol. The van der Waals surface area contributed by atoms with Gasteiger partial charge in [0.05, 0.1) is 12.5 Å². The molecule has 19 heavy (non-hydrogen) atoms. The van der Waals surface area contributed by atoms with E-state index < -0.39 is 0 Å². The van der Waals surface area contributed by atoms with Gasteiger partial charge in [-0.15, -0.1) is 11.8 Å². The van der Waals surface area contributed by atoms with Crippen LogP contribution in [0.2, 0.25) is 0 Å². The Hall–Kier alpha value is -1.51. The van der Waals surface area contributed by atoms with Crippen molar-refractivity contribution >= 4 is 33.3 Å². The molecule has 0 aromatic heterocycles. The van der Waals surface area contributed by atoms with Gasteiger partial charge in [-0.25, -0.2) is 0 Å². The van der Waals surface area contributed by atoms with Crippen LogP contribution >= 0.6 is 11.8 Å². The highest BCUT2D eigenvalue weighted by molar-refractivity contribution is 7.98. The van der Waals surface area contributed by atoms with Crippen molar-refractivity contribution in [2.75, 3.05) is 12.2 Å². The summed E-state index contributed by atoms with van der Waals surface area (Å²) in [7, 11) is 0. The van der Waals surface area contributed by atoms with Crippen molar-refractivity contribution in [3.05, 3.63) is 60.2 Å². The topological polar surface area (TPSA) is 9.23 Å². The van der Waals surface area contributed by atoms with Crippen molar-refractivity contribution < 1.29 is 4.74 Å². The number of thioether (sulfide) groups is 1. The molecule has 0 heterocycles. The molecule has 0 radical (unpaired) electrons. The summed E-state index contributed by atoms with van der Waals surface area (Å²) in [6.45, 7) is 0.669. The summed E-state index contributed by atoms with van der Waals surface area (Å²) in [6.07, 6.45) is 2.06. The first-order valence-corrected chi connectivity index (χ1v) is 7.75. The first-order chi connectivity index (χ1) is 9.40. The van der Waals surface area contributed by atoms with Crippen LogP contribution in [0.15, 0.2) is 54.6 Å². The van der Waals surface area contributed by atoms with E-state index in [0.717, 1.165) is 5.94 Å². The molecule has 0 saturated heterocycles. The zero-order valence-corrected chi connectivity index (χ0v) is 11.7. The molecule has 2 heteroatoms. The zero-order valence-electron chi connectivity index (χ0n) is 10.9. The Bertz CT molecular complexity index is 652. The van der Waals surface area contributed by atoms with Crippen molar-refractivity contribution in [3.8, 4) is 0 Å². The third-order valence-corrected chi connectivity index (χ3v) is 3.73. The number of fused-ring (bicyclic) bond motifs is 2. The number of ether oxygens (including phenoxy) is 1. The van der Waals surface area contributed by atoms with Gasteiger partial charge >= 0.3 is 0 Å². The van der Waals surface area contributed by atoms with Crippen molar-refractivity contribution in [1.82, 2.24) is 0 Å². The molecule has 0 aliphatic rings. The van der Waals surface area contributed by atoms with Gasteiger partial charge in [-0.05, 0) is 39.4 Å². The predicted molar refractivity (Wildman–Crippen MR) is 84.6 cm³/mol. The predicted octanol–water partition coefficient (Wildman–Crippen LogP) is 4.83. The van der Waals surface area contributed by atoms with Crippen molar-refractivity contribution in [3.63, 3.8) is 0 Å². The van der Waals surface area contributed by atoms with Gasteiger partial charge in [0, 0.05) is 0 Å². The lowest BCUT2D eigenvalue weighted by Crippen LogP contribution is -1.95. The van der Waals surface area contributed by atoms with Crippen LogP contribution in [0.25, 0.3) is 21.5 Å². The minimum atomic E-state index is 0.669. The van der Waals surface area contributed by atoms with Crippen LogP contribution in [0.3, 0.4) is 0 Å². The lowest BCUT2D eigenvalue weighted by Gasteiger charge is -2.11. The Kier molecular flexibility index (Phi) is 3.72. The molecular formula is C17H16OS. The molecule has 0 spiro atoms. The van der Waals surface area contributed by atoms with Gasteiger partial charge in [0.2, 0.25) is 0 Å². The Labute approximate surface area is 117 Å². The highest BCUT2D eigenvalue weighted by Gasteiger charge is 2.07. The van der Waals surface area contributed by atoms with Crippen molar-refractivity contribution in [2.24, 2.45) is 0 Å². The monoisotopic (exact) mass is 268 g/mol. The van der Waals surface area contributed by atoms with Gasteiger partial charge in [0.1, 0.15) is 0 Å². The Balaban J connectivity index is 2.21. The zero-order chi connectivity index (χ0) is 13.1. The third-order valence-electron chi connectivity index (χ3n) is 3.33. The minimum Gasteiger partial charge on any atom is -0.366 e. The first-order valence-electron chi connectivity index (χ1n) is 6.36. The van der Waals surface area contributed by atoms with E-state index in [9.17, 15) is 0 Å². The smallest absolute Gasteiger partial charge is 0.0922 e. The van der Waals surface area contributed by atoms with Crippen LogP contribution in [-0.4, -0.2) is 12.2 Å². The molecule has 96 valence electrons. The molecule has 0 bridgehead atoms. The van der Waals surface area contributed by atoms with Crippen molar-refractivity contribution in [1.29, 1.82) is 0 Å². The maximum atomic E-state index is 5.75. The SMILES string of the molecule is CSCOCc1c2ccccc2cc2ccccc12. The third kappa shape index (κ3) is 2.46. The Morgan fingerprint density at radius 3 is 2.05 bits per heavy atom. The van der Waals surface area contributed by atoms with E-state index in [0.29, 0.717) is 6.61 Å². The van der Waals surface area contributed by atoms with Crippen molar-refractivity contribution in [2.45, 2.75) is 6.61 Å². The molecule has 0 N–H and O–H groups in total. The fraction of sp³-hybridized carbons (Fsp3) is 0.176. The summed E-state index contributed by atoms with van der Waals surface area (Å²) in [6, 6.07) is 19.3. The maximum absolute atomic E-state index is 5.75.